The van der Waals surface area contributed by atoms with Crippen LogP contribution in [0.2, 0.25) is 0 Å². The summed E-state index contributed by atoms with van der Waals surface area (Å²) in [6.07, 6.45) is -1.61. The minimum absolute atomic E-state index is 0.0498. The molecule has 3 aromatic rings. The van der Waals surface area contributed by atoms with Crippen molar-refractivity contribution in [1.82, 2.24) is 0 Å². The van der Waals surface area contributed by atoms with Crippen LogP contribution in [0.3, 0.4) is 0 Å². The van der Waals surface area contributed by atoms with E-state index in [0.29, 0.717) is 16.9 Å². The second kappa shape index (κ2) is 6.17. The number of methoxy groups -OCH3 is 1. The average Bonchev–Trinajstić information content (AvgIpc) is 2.76. The first-order valence-electron chi connectivity index (χ1n) is 7.83. The Morgan fingerprint density at radius 2 is 1.93 bits per heavy atom. The molecule has 0 bridgehead atoms. The maximum Gasteiger partial charge on any atom is 0.513 e. The van der Waals surface area contributed by atoms with Crippen LogP contribution in [0.4, 0.5) is 4.79 Å². The number of carbonyl (C=O) groups is 2. The van der Waals surface area contributed by atoms with Crippen LogP contribution in [-0.2, 0) is 6.61 Å². The molecular weight excluding hydrogens is 356 g/mol. The van der Waals surface area contributed by atoms with Crippen molar-refractivity contribution >= 4 is 22.9 Å². The first-order chi connectivity index (χ1) is 13.0. The van der Waals surface area contributed by atoms with Crippen LogP contribution in [0.25, 0.3) is 11.0 Å². The molecule has 0 saturated heterocycles. The highest BCUT2D eigenvalue weighted by Gasteiger charge is 2.24. The van der Waals surface area contributed by atoms with Gasteiger partial charge < -0.3 is 23.7 Å². The Bertz CT molecular complexity index is 1160. The summed E-state index contributed by atoms with van der Waals surface area (Å²) in [6.45, 7) is 0.117. The smallest absolute Gasteiger partial charge is 0.497 e. The second-order valence-corrected chi connectivity index (χ2v) is 5.78. The summed E-state index contributed by atoms with van der Waals surface area (Å²) in [4.78, 5) is 35.9. The van der Waals surface area contributed by atoms with Gasteiger partial charge in [0.15, 0.2) is 11.2 Å². The summed E-state index contributed by atoms with van der Waals surface area (Å²) in [5.74, 6) is 0.0482. The van der Waals surface area contributed by atoms with Crippen LogP contribution in [0.5, 0.6) is 17.4 Å². The average molecular weight is 368 g/mol. The van der Waals surface area contributed by atoms with Gasteiger partial charge in [0.1, 0.15) is 23.7 Å². The van der Waals surface area contributed by atoms with E-state index in [-0.39, 0.29) is 34.7 Å². The van der Waals surface area contributed by atoms with Crippen LogP contribution in [-0.4, -0.2) is 24.2 Å². The summed E-state index contributed by atoms with van der Waals surface area (Å²) in [5.41, 5.74) is 0.819. The van der Waals surface area contributed by atoms with Gasteiger partial charge in [0, 0.05) is 17.2 Å². The molecule has 0 saturated carbocycles. The van der Waals surface area contributed by atoms with Crippen molar-refractivity contribution in [3.63, 3.8) is 0 Å². The molecule has 1 aliphatic rings. The molecule has 4 rings (SSSR count). The third-order valence-corrected chi connectivity index (χ3v) is 4.18. The van der Waals surface area contributed by atoms with Crippen LogP contribution in [0, 0.1) is 0 Å². The fraction of sp³-hybridized carbons (Fsp3) is 0.105. The Balaban J connectivity index is 1.87. The van der Waals surface area contributed by atoms with Gasteiger partial charge in [0.05, 0.1) is 24.1 Å². The van der Waals surface area contributed by atoms with Crippen molar-refractivity contribution < 1.29 is 33.3 Å². The van der Waals surface area contributed by atoms with E-state index in [4.69, 9.17) is 19.0 Å². The van der Waals surface area contributed by atoms with Crippen LogP contribution >= 0.6 is 0 Å². The quantitative estimate of drug-likeness (QED) is 0.687. The highest BCUT2D eigenvalue weighted by atomic mass is 16.7. The number of ketones is 1. The SMILES string of the molecule is COc1ccc2c(c1)COc1cc3oc(OC(=O)O)cc(=O)c3cc1C2=O. The number of carboxylic acid groups (broad SMARTS) is 1. The zero-order valence-corrected chi connectivity index (χ0v) is 14.0. The van der Waals surface area contributed by atoms with E-state index in [1.54, 1.807) is 18.2 Å². The third kappa shape index (κ3) is 2.86. The predicted molar refractivity (Wildman–Crippen MR) is 91.9 cm³/mol. The van der Waals surface area contributed by atoms with E-state index < -0.39 is 17.5 Å². The number of carbonyl (C=O) groups excluding carboxylic acids is 1. The van der Waals surface area contributed by atoms with E-state index in [0.717, 1.165) is 6.07 Å². The van der Waals surface area contributed by atoms with Crippen LogP contribution in [0.1, 0.15) is 21.5 Å². The van der Waals surface area contributed by atoms with Gasteiger partial charge in [-0.25, -0.2) is 4.79 Å². The molecule has 27 heavy (non-hydrogen) atoms. The summed E-state index contributed by atoms with van der Waals surface area (Å²) in [7, 11) is 1.52. The molecule has 1 aromatic heterocycles. The molecule has 0 amide bonds. The van der Waals surface area contributed by atoms with Gasteiger partial charge in [-0.05, 0) is 24.3 Å². The molecule has 136 valence electrons. The van der Waals surface area contributed by atoms with Gasteiger partial charge in [-0.1, -0.05) is 0 Å². The molecule has 8 heteroatoms. The number of fused-ring (bicyclic) bond motifs is 3. The lowest BCUT2D eigenvalue weighted by molar-refractivity contribution is 0.103. The Kier molecular flexibility index (Phi) is 3.80. The van der Waals surface area contributed by atoms with Gasteiger partial charge in [-0.2, -0.15) is 0 Å². The highest BCUT2D eigenvalue weighted by molar-refractivity contribution is 6.13. The summed E-state index contributed by atoms with van der Waals surface area (Å²) < 4.78 is 20.6. The van der Waals surface area contributed by atoms with E-state index in [1.807, 2.05) is 0 Å². The molecule has 0 unspecified atom stereocenters. The van der Waals surface area contributed by atoms with Gasteiger partial charge in [0.2, 0.25) is 0 Å². The fourth-order valence-corrected chi connectivity index (χ4v) is 2.93. The number of benzene rings is 2. The minimum Gasteiger partial charge on any atom is -0.497 e. The molecule has 0 aliphatic carbocycles. The number of ether oxygens (including phenoxy) is 3. The summed E-state index contributed by atoms with van der Waals surface area (Å²) in [6, 6.07) is 8.69. The van der Waals surface area contributed by atoms with Gasteiger partial charge in [-0.15, -0.1) is 0 Å². The van der Waals surface area contributed by atoms with E-state index >= 15 is 0 Å². The standard InChI is InChI=1S/C19H12O8/c1-24-10-2-3-11-9(4-10)8-25-15-7-16-12(5-13(15)18(11)21)14(20)6-17(26-16)27-19(22)23/h2-7H,8H2,1H3,(H,22,23). The Labute approximate surface area is 151 Å². The third-order valence-electron chi connectivity index (χ3n) is 4.18. The second-order valence-electron chi connectivity index (χ2n) is 5.78. The maximum absolute atomic E-state index is 12.9. The lowest BCUT2D eigenvalue weighted by Crippen LogP contribution is -2.08. The van der Waals surface area contributed by atoms with Gasteiger partial charge in [0.25, 0.3) is 5.95 Å². The monoisotopic (exact) mass is 368 g/mol. The molecule has 0 radical (unpaired) electrons. The lowest BCUT2D eigenvalue weighted by Gasteiger charge is -2.08. The zero-order chi connectivity index (χ0) is 19.1. The summed E-state index contributed by atoms with van der Waals surface area (Å²) in [5, 5.41) is 8.78. The molecule has 0 spiro atoms. The van der Waals surface area contributed by atoms with Crippen LogP contribution < -0.4 is 19.6 Å². The van der Waals surface area contributed by atoms with Crippen molar-refractivity contribution in [2.75, 3.05) is 7.11 Å². The highest BCUT2D eigenvalue weighted by Crippen LogP contribution is 2.33. The molecule has 2 heterocycles. The van der Waals surface area contributed by atoms with Crippen molar-refractivity contribution in [2.24, 2.45) is 0 Å². The van der Waals surface area contributed by atoms with Gasteiger partial charge in [-0.3, -0.25) is 9.59 Å². The topological polar surface area (TPSA) is 112 Å². The molecule has 2 aromatic carbocycles. The number of rotatable bonds is 2. The largest absolute Gasteiger partial charge is 0.513 e. The molecule has 1 aliphatic heterocycles. The fourth-order valence-electron chi connectivity index (χ4n) is 2.93. The Hall–Kier alpha value is -3.81. The maximum atomic E-state index is 12.9. The van der Waals surface area contributed by atoms with Crippen LogP contribution in [0.15, 0.2) is 45.6 Å². The Morgan fingerprint density at radius 1 is 1.11 bits per heavy atom. The van der Waals surface area contributed by atoms with Crippen molar-refractivity contribution in [2.45, 2.75) is 6.61 Å². The Morgan fingerprint density at radius 3 is 2.67 bits per heavy atom. The van der Waals surface area contributed by atoms with E-state index in [2.05, 4.69) is 4.74 Å². The number of hydrogen-bond donors (Lipinski definition) is 1. The van der Waals surface area contributed by atoms with Crippen molar-refractivity contribution in [1.29, 1.82) is 0 Å². The van der Waals surface area contributed by atoms with Crippen molar-refractivity contribution in [3.05, 3.63) is 63.3 Å². The molecular formula is C19H12O8. The molecule has 0 atom stereocenters. The molecule has 1 N–H and O–H groups in total. The minimum atomic E-state index is -1.61. The van der Waals surface area contributed by atoms with Crippen molar-refractivity contribution in [3.8, 4) is 17.4 Å². The zero-order valence-electron chi connectivity index (χ0n) is 14.0. The van der Waals surface area contributed by atoms with E-state index in [9.17, 15) is 14.4 Å². The number of hydrogen-bond acceptors (Lipinski definition) is 7. The van der Waals surface area contributed by atoms with E-state index in [1.165, 1.54) is 19.2 Å². The first-order valence-corrected chi connectivity index (χ1v) is 7.83. The summed E-state index contributed by atoms with van der Waals surface area (Å²) >= 11 is 0. The molecule has 8 nitrogen and oxygen atoms in total. The normalized spacial score (nSPS) is 12.6. The first kappa shape index (κ1) is 16.6. The lowest BCUT2D eigenvalue weighted by atomic mass is 9.98. The van der Waals surface area contributed by atoms with Gasteiger partial charge >= 0.3 is 6.16 Å². The molecule has 0 fully saturated rings. The predicted octanol–water partition coefficient (Wildman–Crippen LogP) is 2.98.